The van der Waals surface area contributed by atoms with Crippen molar-refractivity contribution in [2.45, 2.75) is 84.0 Å². The molecule has 0 unspecified atom stereocenters. The minimum absolute atomic E-state index is 0.314. The molecule has 0 spiro atoms. The number of rotatable bonds is 4. The van der Waals surface area contributed by atoms with Crippen molar-refractivity contribution in [1.82, 2.24) is 0 Å². The molecule has 0 heterocycles. The Morgan fingerprint density at radius 3 is 2.30 bits per heavy atom. The van der Waals surface area contributed by atoms with Crippen molar-refractivity contribution in [3.63, 3.8) is 0 Å². The van der Waals surface area contributed by atoms with E-state index in [0.717, 1.165) is 0 Å². The van der Waals surface area contributed by atoms with Gasteiger partial charge in [-0.1, -0.05) is 71.3 Å². The zero-order chi connectivity index (χ0) is 17.1. The van der Waals surface area contributed by atoms with Gasteiger partial charge in [0.05, 0.1) is 6.04 Å². The molecule has 0 amide bonds. The number of para-hydroxylation sites is 1. The average Bonchev–Trinajstić information content (AvgIpc) is 2.47. The Morgan fingerprint density at radius 1 is 1.09 bits per heavy atom. The van der Waals surface area contributed by atoms with Crippen LogP contribution in [0, 0.1) is 0 Å². The summed E-state index contributed by atoms with van der Waals surface area (Å²) in [5.74, 6) is 0. The second kappa shape index (κ2) is 7.21. The first-order chi connectivity index (χ1) is 10.7. The molecule has 0 radical (unpaired) electrons. The molecule has 2 rings (SSSR count). The van der Waals surface area contributed by atoms with Crippen LogP contribution in [0.1, 0.15) is 65.4 Å². The minimum atomic E-state index is -1.58. The first-order valence-corrected chi connectivity index (χ1v) is 12.1. The van der Waals surface area contributed by atoms with Gasteiger partial charge >= 0.3 is 0 Å². The molecule has 1 aromatic rings. The molecule has 128 valence electrons. The lowest BCUT2D eigenvalue weighted by atomic mass is 9.95. The van der Waals surface area contributed by atoms with Gasteiger partial charge in [-0.2, -0.15) is 0 Å². The van der Waals surface area contributed by atoms with E-state index in [1.165, 1.54) is 49.1 Å². The van der Waals surface area contributed by atoms with Crippen LogP contribution in [0.15, 0.2) is 29.3 Å². The quantitative estimate of drug-likeness (QED) is 0.512. The van der Waals surface area contributed by atoms with E-state index in [9.17, 15) is 0 Å². The fourth-order valence-corrected chi connectivity index (χ4v) is 4.25. The molecular formula is C20H34N2Si. The standard InChI is InChI=1S/C20H34N2Si/c1-16(21-17-12-8-7-9-13-17)18-14-10-11-15-19(18)22-23(5,6)20(2,3)4/h10-11,14-15,17,22H,7-9,12-13H2,1-6H3. The molecule has 2 nitrogen and oxygen atoms in total. The first-order valence-electron chi connectivity index (χ1n) is 9.13. The van der Waals surface area contributed by atoms with Crippen LogP contribution < -0.4 is 4.98 Å². The number of nitrogens with one attached hydrogen (secondary N) is 1. The number of hydrogen-bond acceptors (Lipinski definition) is 2. The number of hydrogen-bond donors (Lipinski definition) is 1. The molecule has 1 N–H and O–H groups in total. The summed E-state index contributed by atoms with van der Waals surface area (Å²) in [4.78, 5) is 8.95. The fourth-order valence-electron chi connectivity index (χ4n) is 2.99. The van der Waals surface area contributed by atoms with E-state index in [1.807, 2.05) is 0 Å². The summed E-state index contributed by atoms with van der Waals surface area (Å²) in [5, 5.41) is 0.314. The van der Waals surface area contributed by atoms with Gasteiger partial charge in [-0.25, -0.2) is 0 Å². The summed E-state index contributed by atoms with van der Waals surface area (Å²) in [6, 6.07) is 9.23. The molecule has 1 saturated carbocycles. The van der Waals surface area contributed by atoms with Gasteiger partial charge in [0.25, 0.3) is 0 Å². The van der Waals surface area contributed by atoms with Crippen LogP contribution in [0.2, 0.25) is 18.1 Å². The zero-order valence-electron chi connectivity index (χ0n) is 15.9. The van der Waals surface area contributed by atoms with Crippen LogP contribution in [-0.4, -0.2) is 20.0 Å². The van der Waals surface area contributed by atoms with Crippen LogP contribution in [0.3, 0.4) is 0 Å². The second-order valence-electron chi connectivity index (χ2n) is 8.55. The van der Waals surface area contributed by atoms with Crippen molar-refractivity contribution in [2.24, 2.45) is 4.99 Å². The lowest BCUT2D eigenvalue weighted by Gasteiger charge is -2.38. The average molecular weight is 331 g/mol. The predicted molar refractivity (Wildman–Crippen MR) is 106 cm³/mol. The molecule has 1 fully saturated rings. The Labute approximate surface area is 143 Å². The molecular weight excluding hydrogens is 296 g/mol. The maximum Gasteiger partial charge on any atom is 0.152 e. The highest BCUT2D eigenvalue weighted by atomic mass is 28.3. The topological polar surface area (TPSA) is 24.4 Å². The van der Waals surface area contributed by atoms with Gasteiger partial charge in [-0.3, -0.25) is 4.99 Å². The summed E-state index contributed by atoms with van der Waals surface area (Å²) >= 11 is 0. The Morgan fingerprint density at radius 2 is 1.70 bits per heavy atom. The van der Waals surface area contributed by atoms with Crippen LogP contribution in [0.4, 0.5) is 5.69 Å². The summed E-state index contributed by atoms with van der Waals surface area (Å²) in [6.07, 6.45) is 6.58. The van der Waals surface area contributed by atoms with Crippen molar-refractivity contribution < 1.29 is 0 Å². The maximum atomic E-state index is 5.05. The van der Waals surface area contributed by atoms with Gasteiger partial charge in [0.15, 0.2) is 8.24 Å². The molecule has 0 atom stereocenters. The highest BCUT2D eigenvalue weighted by Crippen LogP contribution is 2.37. The first kappa shape index (κ1) is 18.2. The van der Waals surface area contributed by atoms with Gasteiger partial charge in [0.2, 0.25) is 0 Å². The highest BCUT2D eigenvalue weighted by molar-refractivity contribution is 6.83. The molecule has 1 aromatic carbocycles. The molecule has 23 heavy (non-hydrogen) atoms. The summed E-state index contributed by atoms with van der Waals surface area (Å²) in [7, 11) is -1.58. The molecule has 1 aliphatic carbocycles. The van der Waals surface area contributed by atoms with E-state index in [4.69, 9.17) is 4.99 Å². The number of nitrogens with zero attached hydrogens (tertiary/aromatic N) is 1. The van der Waals surface area contributed by atoms with E-state index in [2.05, 4.69) is 70.0 Å². The third kappa shape index (κ3) is 4.69. The third-order valence-electron chi connectivity index (χ3n) is 5.59. The fraction of sp³-hybridized carbons (Fsp3) is 0.650. The van der Waals surface area contributed by atoms with Gasteiger partial charge in [0.1, 0.15) is 0 Å². The maximum absolute atomic E-state index is 5.05. The van der Waals surface area contributed by atoms with Gasteiger partial charge in [0, 0.05) is 17.0 Å². The van der Waals surface area contributed by atoms with Crippen LogP contribution in [0.5, 0.6) is 0 Å². The van der Waals surface area contributed by atoms with Crippen molar-refractivity contribution in [3.05, 3.63) is 29.8 Å². The Kier molecular flexibility index (Phi) is 5.72. The van der Waals surface area contributed by atoms with Crippen LogP contribution in [0.25, 0.3) is 0 Å². The summed E-state index contributed by atoms with van der Waals surface area (Å²) < 4.78 is 0. The molecule has 0 aromatic heterocycles. The monoisotopic (exact) mass is 330 g/mol. The smallest absolute Gasteiger partial charge is 0.152 e. The summed E-state index contributed by atoms with van der Waals surface area (Å²) in [5.41, 5.74) is 3.73. The normalized spacial score (nSPS) is 18.1. The highest BCUT2D eigenvalue weighted by Gasteiger charge is 2.36. The third-order valence-corrected chi connectivity index (χ3v) is 10.2. The van der Waals surface area contributed by atoms with Crippen LogP contribution >= 0.6 is 0 Å². The number of benzene rings is 1. The summed E-state index contributed by atoms with van der Waals surface area (Å²) in [6.45, 7) is 14.0. The minimum Gasteiger partial charge on any atom is -0.410 e. The Balaban J connectivity index is 2.25. The Bertz CT molecular complexity index is 549. The van der Waals surface area contributed by atoms with Gasteiger partial charge in [-0.15, -0.1) is 0 Å². The zero-order valence-corrected chi connectivity index (χ0v) is 16.9. The largest absolute Gasteiger partial charge is 0.410 e. The van der Waals surface area contributed by atoms with Crippen molar-refractivity contribution in [2.75, 3.05) is 4.98 Å². The van der Waals surface area contributed by atoms with Crippen molar-refractivity contribution >= 4 is 19.6 Å². The molecule has 0 saturated heterocycles. The molecule has 3 heteroatoms. The van der Waals surface area contributed by atoms with E-state index in [0.29, 0.717) is 11.1 Å². The van der Waals surface area contributed by atoms with Crippen LogP contribution in [-0.2, 0) is 0 Å². The number of aliphatic imine (C=N–C) groups is 1. The lowest BCUT2D eigenvalue weighted by Crippen LogP contribution is -2.46. The van der Waals surface area contributed by atoms with E-state index in [1.54, 1.807) is 0 Å². The second-order valence-corrected chi connectivity index (χ2v) is 13.6. The van der Waals surface area contributed by atoms with E-state index in [-0.39, 0.29) is 0 Å². The number of anilines is 1. The SMILES string of the molecule is CC(=NC1CCCCC1)c1ccccc1N[Si](C)(C)C(C)(C)C. The van der Waals surface area contributed by atoms with E-state index >= 15 is 0 Å². The van der Waals surface area contributed by atoms with E-state index < -0.39 is 8.24 Å². The van der Waals surface area contributed by atoms with Crippen molar-refractivity contribution in [3.8, 4) is 0 Å². The predicted octanol–water partition coefficient (Wildman–Crippen LogP) is 6.25. The molecule has 0 aliphatic heterocycles. The Hall–Kier alpha value is -1.09. The molecule has 1 aliphatic rings. The van der Waals surface area contributed by atoms with Gasteiger partial charge < -0.3 is 4.98 Å². The van der Waals surface area contributed by atoms with Crippen molar-refractivity contribution in [1.29, 1.82) is 0 Å². The van der Waals surface area contributed by atoms with Gasteiger partial charge in [-0.05, 0) is 30.9 Å². The lowest BCUT2D eigenvalue weighted by molar-refractivity contribution is 0.443. The molecule has 0 bridgehead atoms.